The van der Waals surface area contributed by atoms with Crippen molar-refractivity contribution in [3.8, 4) is 0 Å². The molecule has 174 valence electrons. The first-order valence-electron chi connectivity index (χ1n) is 8.01. The number of carboxylic acid groups (broad SMARTS) is 1. The van der Waals surface area contributed by atoms with E-state index in [9.17, 15) is 53.8 Å². The van der Waals surface area contributed by atoms with Crippen LogP contribution in [-0.2, 0) is 12.1 Å². The molecule has 14 heteroatoms. The third kappa shape index (κ3) is 2.84. The number of benzene rings is 1. The zero-order valence-electron chi connectivity index (χ0n) is 14.7. The summed E-state index contributed by atoms with van der Waals surface area (Å²) >= 11 is 0.808. The molecule has 0 aromatic heterocycles. The standard InChI is InChI=1S/C17H10F11IO2/c1-2-3-4-7-8(11(30)31)5-6-9(10(7)29)12(18)13(19,20)15(23,24)17(27,28)16(25,26)14(12,21)22/h2,5-6H,1,3-4H2,(H,30,31)/p-1. The van der Waals surface area contributed by atoms with Crippen molar-refractivity contribution in [2.24, 2.45) is 0 Å². The first kappa shape index (κ1) is 25.6. The molecule has 0 spiro atoms. The van der Waals surface area contributed by atoms with Crippen LogP contribution in [0.4, 0.5) is 48.3 Å². The Bertz CT molecular complexity index is 897. The van der Waals surface area contributed by atoms with Crippen LogP contribution in [0, 0.1) is 3.57 Å². The van der Waals surface area contributed by atoms with Gasteiger partial charge in [-0.25, -0.2) is 4.39 Å². The number of carbonyl (C=O) groups is 1. The molecule has 1 aromatic rings. The van der Waals surface area contributed by atoms with E-state index in [2.05, 4.69) is 6.58 Å². The summed E-state index contributed by atoms with van der Waals surface area (Å²) in [6, 6.07) is 0.0174. The number of alkyl halides is 11. The zero-order chi connectivity index (χ0) is 24.4. The van der Waals surface area contributed by atoms with E-state index in [1.54, 1.807) is 0 Å². The van der Waals surface area contributed by atoms with Gasteiger partial charge in [-0.1, -0.05) is 18.2 Å². The summed E-state index contributed by atoms with van der Waals surface area (Å²) in [5.41, 5.74) is -10.1. The molecule has 31 heavy (non-hydrogen) atoms. The highest BCUT2D eigenvalue weighted by Crippen LogP contribution is 2.72. The minimum atomic E-state index is -7.33. The van der Waals surface area contributed by atoms with Crippen LogP contribution in [0.2, 0.25) is 0 Å². The van der Waals surface area contributed by atoms with Crippen molar-refractivity contribution in [1.82, 2.24) is 0 Å². The molecule has 0 aliphatic heterocycles. The third-order valence-electron chi connectivity index (χ3n) is 4.88. The summed E-state index contributed by atoms with van der Waals surface area (Å²) in [4.78, 5) is 11.2. The van der Waals surface area contributed by atoms with Crippen molar-refractivity contribution in [2.45, 2.75) is 48.1 Å². The number of halogens is 12. The lowest BCUT2D eigenvalue weighted by molar-refractivity contribution is -0.489. The Labute approximate surface area is 180 Å². The highest BCUT2D eigenvalue weighted by atomic mass is 127. The van der Waals surface area contributed by atoms with Crippen molar-refractivity contribution in [1.29, 1.82) is 0 Å². The second-order valence-electron chi connectivity index (χ2n) is 6.60. The maximum atomic E-state index is 15.3. The minimum absolute atomic E-state index is 0.170. The molecular weight excluding hydrogens is 572 g/mol. The molecule has 1 aromatic carbocycles. The van der Waals surface area contributed by atoms with E-state index in [4.69, 9.17) is 0 Å². The smallest absolute Gasteiger partial charge is 0.384 e. The van der Waals surface area contributed by atoms with Gasteiger partial charge in [0.25, 0.3) is 5.67 Å². The topological polar surface area (TPSA) is 40.1 Å². The average Bonchev–Trinajstić information content (AvgIpc) is 2.64. The number of hydrogen-bond acceptors (Lipinski definition) is 2. The molecule has 1 saturated carbocycles. The van der Waals surface area contributed by atoms with Gasteiger partial charge >= 0.3 is 29.6 Å². The molecule has 0 bridgehead atoms. The molecule has 1 aliphatic rings. The fourth-order valence-corrected chi connectivity index (χ4v) is 4.24. The summed E-state index contributed by atoms with van der Waals surface area (Å²) < 4.78 is 153. The number of carbonyl (C=O) groups excluding carboxylic acids is 1. The maximum absolute atomic E-state index is 15.3. The van der Waals surface area contributed by atoms with Gasteiger partial charge in [-0.05, 0) is 41.0 Å². The molecule has 0 unspecified atom stereocenters. The van der Waals surface area contributed by atoms with Crippen molar-refractivity contribution >= 4 is 28.6 Å². The predicted octanol–water partition coefficient (Wildman–Crippen LogP) is 5.13. The number of hydrogen-bond donors (Lipinski definition) is 0. The Morgan fingerprint density at radius 2 is 1.29 bits per heavy atom. The van der Waals surface area contributed by atoms with Crippen LogP contribution in [0.3, 0.4) is 0 Å². The monoisotopic (exact) mass is 581 g/mol. The summed E-state index contributed by atoms with van der Waals surface area (Å²) in [6.07, 6.45) is 0.436. The molecule has 0 heterocycles. The SMILES string of the molecule is C=CCCc1c(C(=O)[O-])ccc(C2(F)C(F)(F)C(F)(F)C(F)(F)C(F)(F)C2(F)F)c1I. The number of allylic oxidation sites excluding steroid dienone is 1. The van der Waals surface area contributed by atoms with E-state index in [-0.39, 0.29) is 18.6 Å². The van der Waals surface area contributed by atoms with Gasteiger partial charge in [0.05, 0.1) is 5.97 Å². The molecule has 0 atom stereocenters. The Hall–Kier alpha value is -1.61. The lowest BCUT2D eigenvalue weighted by Gasteiger charge is -2.52. The van der Waals surface area contributed by atoms with Crippen LogP contribution in [0.25, 0.3) is 0 Å². The second kappa shape index (κ2) is 7.20. The van der Waals surface area contributed by atoms with Crippen LogP contribution in [0.5, 0.6) is 0 Å². The normalized spacial score (nSPS) is 24.4. The summed E-state index contributed by atoms with van der Waals surface area (Å²) in [7, 11) is 0. The van der Waals surface area contributed by atoms with Gasteiger partial charge in [-0.3, -0.25) is 0 Å². The van der Waals surface area contributed by atoms with Crippen LogP contribution >= 0.6 is 22.6 Å². The van der Waals surface area contributed by atoms with Crippen molar-refractivity contribution < 1.29 is 58.2 Å². The summed E-state index contributed by atoms with van der Waals surface area (Å²) in [6.45, 7) is 3.24. The fourth-order valence-electron chi connectivity index (χ4n) is 3.13. The molecule has 0 radical (unpaired) electrons. The number of rotatable bonds is 5. The second-order valence-corrected chi connectivity index (χ2v) is 7.68. The molecule has 2 rings (SSSR count). The zero-order valence-corrected chi connectivity index (χ0v) is 16.9. The van der Waals surface area contributed by atoms with Crippen molar-refractivity contribution in [3.05, 3.63) is 45.0 Å². The Morgan fingerprint density at radius 1 is 0.871 bits per heavy atom. The Morgan fingerprint density at radius 3 is 1.68 bits per heavy atom. The van der Waals surface area contributed by atoms with Gasteiger partial charge in [-0.15, -0.1) is 6.58 Å². The Kier molecular flexibility index (Phi) is 5.96. The maximum Gasteiger partial charge on any atom is 0.384 e. The van der Waals surface area contributed by atoms with Crippen LogP contribution in [0.1, 0.15) is 27.9 Å². The first-order chi connectivity index (χ1) is 13.8. The van der Waals surface area contributed by atoms with Crippen molar-refractivity contribution in [3.63, 3.8) is 0 Å². The van der Waals surface area contributed by atoms with Gasteiger partial charge in [0, 0.05) is 14.7 Å². The fraction of sp³-hybridized carbons (Fsp3) is 0.471. The molecule has 2 nitrogen and oxygen atoms in total. The number of aromatic carboxylic acids is 1. The molecular formula is C17H9F11IO2-. The summed E-state index contributed by atoms with van der Waals surface area (Å²) in [5.74, 6) is -37.9. The molecule has 1 aliphatic carbocycles. The lowest BCUT2D eigenvalue weighted by atomic mass is 9.68. The van der Waals surface area contributed by atoms with Crippen molar-refractivity contribution in [2.75, 3.05) is 0 Å². The van der Waals surface area contributed by atoms with E-state index < -0.39 is 67.9 Å². The van der Waals surface area contributed by atoms with Gasteiger partial charge in [0.1, 0.15) is 0 Å². The van der Waals surface area contributed by atoms with Gasteiger partial charge < -0.3 is 9.90 Å². The van der Waals surface area contributed by atoms with Gasteiger partial charge in [0.15, 0.2) is 0 Å². The van der Waals surface area contributed by atoms with Crippen LogP contribution in [0.15, 0.2) is 24.8 Å². The minimum Gasteiger partial charge on any atom is -0.545 e. The van der Waals surface area contributed by atoms with Gasteiger partial charge in [0.2, 0.25) is 0 Å². The average molecular weight is 581 g/mol. The van der Waals surface area contributed by atoms with E-state index in [0.29, 0.717) is 0 Å². The molecule has 1 fully saturated rings. The predicted molar refractivity (Wildman–Crippen MR) is 89.5 cm³/mol. The highest BCUT2D eigenvalue weighted by molar-refractivity contribution is 14.1. The lowest BCUT2D eigenvalue weighted by Crippen LogP contribution is -2.82. The summed E-state index contributed by atoms with van der Waals surface area (Å²) in [5, 5.41) is 11.2. The van der Waals surface area contributed by atoms with E-state index in [1.165, 1.54) is 0 Å². The van der Waals surface area contributed by atoms with Crippen LogP contribution in [-0.4, -0.2) is 35.6 Å². The largest absolute Gasteiger partial charge is 0.545 e. The first-order valence-corrected chi connectivity index (χ1v) is 9.09. The van der Waals surface area contributed by atoms with Gasteiger partial charge in [-0.2, -0.15) is 43.9 Å². The van der Waals surface area contributed by atoms with Crippen LogP contribution < -0.4 is 5.11 Å². The molecule has 0 amide bonds. The molecule has 0 saturated heterocycles. The third-order valence-corrected chi connectivity index (χ3v) is 6.11. The van der Waals surface area contributed by atoms with E-state index in [1.807, 2.05) is 0 Å². The van der Waals surface area contributed by atoms with E-state index in [0.717, 1.165) is 28.7 Å². The number of carboxylic acids is 1. The van der Waals surface area contributed by atoms with E-state index >= 15 is 4.39 Å². The quantitative estimate of drug-likeness (QED) is 0.275. The highest BCUT2D eigenvalue weighted by Gasteiger charge is 3.01. The Balaban J connectivity index is 2.99. The molecule has 0 N–H and O–H groups in total.